The van der Waals surface area contributed by atoms with Crippen molar-refractivity contribution < 1.29 is 54.4 Å². The Morgan fingerprint density at radius 3 is 2.42 bits per heavy atom. The van der Waals surface area contributed by atoms with Crippen molar-refractivity contribution in [3.63, 3.8) is 0 Å². The van der Waals surface area contributed by atoms with Gasteiger partial charge in [-0.3, -0.25) is 4.79 Å². The lowest BCUT2D eigenvalue weighted by molar-refractivity contribution is -0.306. The summed E-state index contributed by atoms with van der Waals surface area (Å²) in [4.78, 5) is 22.2. The van der Waals surface area contributed by atoms with Crippen LogP contribution in [0, 0.1) is 0 Å². The third-order valence-corrected chi connectivity index (χ3v) is 3.94. The molecule has 12 heteroatoms. The van der Waals surface area contributed by atoms with E-state index in [-0.39, 0.29) is 0 Å². The van der Waals surface area contributed by atoms with Gasteiger partial charge in [0.2, 0.25) is 18.0 Å². The average molecular weight is 379 g/mol. The zero-order valence-electron chi connectivity index (χ0n) is 13.6. The standard InChI is InChI=1S/C14H21NO11/c1-4(17)15-8-10(20)11(7(3-16)24-13(8)23)26-14-9(19)5(18)2-6(25-14)12(21)22/h2,5,7-11,13-14,16,18-20,23H,3H2,1H3,(H,15,17)(H,21,22)/t5-,7+,8+,9+,10+,11+,13-,14-/m0/s1. The molecule has 0 aromatic rings. The number of rotatable bonds is 5. The highest BCUT2D eigenvalue weighted by molar-refractivity contribution is 5.84. The Labute approximate surface area is 147 Å². The number of carboxylic acid groups (broad SMARTS) is 1. The molecule has 2 heterocycles. The number of carbonyl (C=O) groups is 2. The van der Waals surface area contributed by atoms with Gasteiger partial charge in [0.15, 0.2) is 6.29 Å². The molecule has 0 radical (unpaired) electrons. The zero-order chi connectivity index (χ0) is 19.6. The molecule has 0 aliphatic carbocycles. The summed E-state index contributed by atoms with van der Waals surface area (Å²) < 4.78 is 15.4. The quantitative estimate of drug-likeness (QED) is 0.246. The topological polar surface area (TPSA) is 195 Å². The maximum atomic E-state index is 11.2. The SMILES string of the molecule is CC(=O)N[C@@H]1[C@@H](O)[C@H](O[C@@H]2OC(C(=O)O)=C[C@H](O)[C@H]2O)[C@@H](CO)O[C@@H]1O. The number of ether oxygens (including phenoxy) is 3. The summed E-state index contributed by atoms with van der Waals surface area (Å²) in [6.07, 6.45) is -10.2. The molecule has 148 valence electrons. The summed E-state index contributed by atoms with van der Waals surface area (Å²) in [5, 5.41) is 60.5. The lowest BCUT2D eigenvalue weighted by Gasteiger charge is -2.44. The van der Waals surface area contributed by atoms with Crippen molar-refractivity contribution in [2.75, 3.05) is 6.61 Å². The summed E-state index contributed by atoms with van der Waals surface area (Å²) in [5.41, 5.74) is 0. The first-order valence-electron chi connectivity index (χ1n) is 7.68. The van der Waals surface area contributed by atoms with Gasteiger partial charge in [0, 0.05) is 6.92 Å². The fourth-order valence-electron chi connectivity index (χ4n) is 2.67. The van der Waals surface area contributed by atoms with Gasteiger partial charge in [0.1, 0.15) is 36.6 Å². The average Bonchev–Trinajstić information content (AvgIpc) is 2.56. The van der Waals surface area contributed by atoms with Crippen LogP contribution in [0.25, 0.3) is 0 Å². The number of aliphatic carboxylic acids is 1. The molecule has 1 fully saturated rings. The van der Waals surface area contributed by atoms with Crippen LogP contribution in [-0.4, -0.2) is 98.3 Å². The second-order valence-corrected chi connectivity index (χ2v) is 5.87. The minimum atomic E-state index is -1.72. The molecule has 1 amide bonds. The lowest BCUT2D eigenvalue weighted by Crippen LogP contribution is -2.65. The second-order valence-electron chi connectivity index (χ2n) is 5.87. The molecule has 0 saturated carbocycles. The van der Waals surface area contributed by atoms with Crippen molar-refractivity contribution in [2.45, 2.75) is 56.1 Å². The zero-order valence-corrected chi connectivity index (χ0v) is 13.6. The van der Waals surface area contributed by atoms with Crippen LogP contribution in [0.15, 0.2) is 11.8 Å². The second kappa shape index (κ2) is 8.26. The van der Waals surface area contributed by atoms with E-state index in [0.717, 1.165) is 13.0 Å². The van der Waals surface area contributed by atoms with Crippen LogP contribution in [0.4, 0.5) is 0 Å². The predicted molar refractivity (Wildman–Crippen MR) is 79.1 cm³/mol. The van der Waals surface area contributed by atoms with E-state index >= 15 is 0 Å². The van der Waals surface area contributed by atoms with Gasteiger partial charge >= 0.3 is 5.97 Å². The highest BCUT2D eigenvalue weighted by Crippen LogP contribution is 2.27. The van der Waals surface area contributed by atoms with Crippen LogP contribution < -0.4 is 5.32 Å². The summed E-state index contributed by atoms with van der Waals surface area (Å²) >= 11 is 0. The third-order valence-electron chi connectivity index (χ3n) is 3.94. The third kappa shape index (κ3) is 4.29. The molecule has 0 unspecified atom stereocenters. The number of hydrogen-bond acceptors (Lipinski definition) is 10. The Bertz CT molecular complexity index is 567. The molecule has 0 bridgehead atoms. The van der Waals surface area contributed by atoms with Crippen molar-refractivity contribution in [1.82, 2.24) is 5.32 Å². The van der Waals surface area contributed by atoms with Gasteiger partial charge in [-0.15, -0.1) is 0 Å². The van der Waals surface area contributed by atoms with E-state index in [1.165, 1.54) is 0 Å². The molecule has 0 spiro atoms. The lowest BCUT2D eigenvalue weighted by atomic mass is 9.96. The van der Waals surface area contributed by atoms with Crippen LogP contribution in [0.2, 0.25) is 0 Å². The van der Waals surface area contributed by atoms with Crippen LogP contribution in [0.5, 0.6) is 0 Å². The van der Waals surface area contributed by atoms with Gasteiger partial charge in [-0.25, -0.2) is 4.79 Å². The molecular formula is C14H21NO11. The predicted octanol–water partition coefficient (Wildman–Crippen LogP) is -4.01. The number of carboxylic acids is 1. The highest BCUT2D eigenvalue weighted by atomic mass is 16.7. The Morgan fingerprint density at radius 2 is 1.88 bits per heavy atom. The van der Waals surface area contributed by atoms with Crippen LogP contribution in [0.3, 0.4) is 0 Å². The van der Waals surface area contributed by atoms with Gasteiger partial charge in [-0.1, -0.05) is 0 Å². The fraction of sp³-hybridized carbons (Fsp3) is 0.714. The molecule has 8 atom stereocenters. The largest absolute Gasteiger partial charge is 0.475 e. The molecular weight excluding hydrogens is 358 g/mol. The van der Waals surface area contributed by atoms with Crippen molar-refractivity contribution in [2.24, 2.45) is 0 Å². The Morgan fingerprint density at radius 1 is 1.23 bits per heavy atom. The molecule has 2 aliphatic rings. The monoisotopic (exact) mass is 379 g/mol. The van der Waals surface area contributed by atoms with Crippen LogP contribution in [0.1, 0.15) is 6.92 Å². The number of aliphatic hydroxyl groups is 5. The number of hydrogen-bond donors (Lipinski definition) is 7. The molecule has 7 N–H and O–H groups in total. The van der Waals surface area contributed by atoms with E-state index in [2.05, 4.69) is 5.32 Å². The van der Waals surface area contributed by atoms with Crippen molar-refractivity contribution in [3.8, 4) is 0 Å². The molecule has 1 saturated heterocycles. The van der Waals surface area contributed by atoms with E-state index < -0.39 is 73.4 Å². The molecule has 12 nitrogen and oxygen atoms in total. The fourth-order valence-corrected chi connectivity index (χ4v) is 2.67. The maximum absolute atomic E-state index is 11.2. The van der Waals surface area contributed by atoms with Gasteiger partial charge in [0.05, 0.1) is 6.61 Å². The van der Waals surface area contributed by atoms with E-state index in [1.54, 1.807) is 0 Å². The Hall–Kier alpha value is -1.80. The molecule has 2 rings (SSSR count). The first kappa shape index (κ1) is 20.5. The summed E-state index contributed by atoms with van der Waals surface area (Å²) in [6.45, 7) is 0.431. The Kier molecular flexibility index (Phi) is 6.52. The van der Waals surface area contributed by atoms with Crippen LogP contribution in [-0.2, 0) is 23.8 Å². The first-order chi connectivity index (χ1) is 12.1. The highest BCUT2D eigenvalue weighted by Gasteiger charge is 2.48. The van der Waals surface area contributed by atoms with E-state index in [4.69, 9.17) is 19.3 Å². The number of carbonyl (C=O) groups excluding carboxylic acids is 1. The van der Waals surface area contributed by atoms with Crippen molar-refractivity contribution in [3.05, 3.63) is 11.8 Å². The van der Waals surface area contributed by atoms with E-state index in [9.17, 15) is 35.1 Å². The normalized spacial score (nSPS) is 40.3. The smallest absolute Gasteiger partial charge is 0.371 e. The molecule has 26 heavy (non-hydrogen) atoms. The van der Waals surface area contributed by atoms with Gasteiger partial charge in [-0.2, -0.15) is 0 Å². The molecule has 0 aromatic carbocycles. The van der Waals surface area contributed by atoms with Crippen LogP contribution >= 0.6 is 0 Å². The number of amides is 1. The van der Waals surface area contributed by atoms with E-state index in [1.807, 2.05) is 0 Å². The van der Waals surface area contributed by atoms with Crippen molar-refractivity contribution >= 4 is 11.9 Å². The van der Waals surface area contributed by atoms with Crippen molar-refractivity contribution in [1.29, 1.82) is 0 Å². The van der Waals surface area contributed by atoms with E-state index in [0.29, 0.717) is 0 Å². The minimum Gasteiger partial charge on any atom is -0.475 e. The summed E-state index contributed by atoms with van der Waals surface area (Å²) in [6, 6.07) is -1.32. The minimum absolute atomic E-state index is 0.585. The Balaban J connectivity index is 2.19. The summed E-state index contributed by atoms with van der Waals surface area (Å²) in [5.74, 6) is -2.79. The summed E-state index contributed by atoms with van der Waals surface area (Å²) in [7, 11) is 0. The van der Waals surface area contributed by atoms with Gasteiger partial charge in [0.25, 0.3) is 0 Å². The number of nitrogens with one attached hydrogen (secondary N) is 1. The van der Waals surface area contributed by atoms with Gasteiger partial charge < -0.3 is 50.2 Å². The molecule has 2 aliphatic heterocycles. The molecule has 0 aromatic heterocycles. The maximum Gasteiger partial charge on any atom is 0.371 e. The first-order valence-corrected chi connectivity index (χ1v) is 7.68. The number of aliphatic hydroxyl groups excluding tert-OH is 5. The van der Waals surface area contributed by atoms with Gasteiger partial charge in [-0.05, 0) is 6.08 Å².